The van der Waals surface area contributed by atoms with Gasteiger partial charge in [-0.25, -0.2) is 0 Å². The van der Waals surface area contributed by atoms with Crippen LogP contribution in [0.1, 0.15) is 42.0 Å². The van der Waals surface area contributed by atoms with Gasteiger partial charge in [-0.2, -0.15) is 0 Å². The molecule has 2 aromatic rings. The van der Waals surface area contributed by atoms with Gasteiger partial charge in [0.15, 0.2) is 0 Å². The molecule has 0 bridgehead atoms. The average molecular weight is 335 g/mol. The molecule has 0 aromatic heterocycles. The van der Waals surface area contributed by atoms with Crippen LogP contribution in [-0.2, 0) is 12.8 Å². The van der Waals surface area contributed by atoms with Gasteiger partial charge < -0.3 is 4.90 Å². The molecule has 1 fully saturated rings. The predicted octanol–water partition coefficient (Wildman–Crippen LogP) is 4.31. The quantitative estimate of drug-likeness (QED) is 0.822. The molecule has 1 heterocycles. The van der Waals surface area contributed by atoms with Crippen molar-refractivity contribution in [2.45, 2.75) is 38.1 Å². The standard InChI is InChI=1S/C23H30N2/c1-2-8-20(9-3-1)14-17-24-15-7-16-25(19-18-24)23-13-6-11-21-10-4-5-12-22(21)23/h1-5,8-10,12,23H,6-7,11,13-19H2/t23-/m0/s1. The fraction of sp³-hybridized carbons (Fsp3) is 0.478. The van der Waals surface area contributed by atoms with E-state index >= 15 is 0 Å². The fourth-order valence-electron chi connectivity index (χ4n) is 4.57. The van der Waals surface area contributed by atoms with Gasteiger partial charge in [0.1, 0.15) is 0 Å². The van der Waals surface area contributed by atoms with Crippen molar-refractivity contribution in [3.8, 4) is 0 Å². The van der Waals surface area contributed by atoms with Gasteiger partial charge in [-0.05, 0) is 55.3 Å². The Hall–Kier alpha value is -1.64. The van der Waals surface area contributed by atoms with Crippen molar-refractivity contribution < 1.29 is 0 Å². The van der Waals surface area contributed by atoms with Crippen LogP contribution in [0.2, 0.25) is 0 Å². The van der Waals surface area contributed by atoms with Crippen LogP contribution in [0.5, 0.6) is 0 Å². The van der Waals surface area contributed by atoms with Crippen LogP contribution in [0.15, 0.2) is 54.6 Å². The monoisotopic (exact) mass is 334 g/mol. The third-order valence-electron chi connectivity index (χ3n) is 5.96. The molecule has 0 radical (unpaired) electrons. The molecule has 25 heavy (non-hydrogen) atoms. The first-order valence-corrected chi connectivity index (χ1v) is 9.98. The maximum atomic E-state index is 2.76. The van der Waals surface area contributed by atoms with E-state index in [-0.39, 0.29) is 0 Å². The van der Waals surface area contributed by atoms with Crippen LogP contribution >= 0.6 is 0 Å². The molecular formula is C23H30N2. The summed E-state index contributed by atoms with van der Waals surface area (Å²) in [5.41, 5.74) is 4.65. The van der Waals surface area contributed by atoms with Gasteiger partial charge in [0.25, 0.3) is 0 Å². The van der Waals surface area contributed by atoms with Crippen LogP contribution < -0.4 is 0 Å². The Morgan fingerprint density at radius 3 is 2.56 bits per heavy atom. The Balaban J connectivity index is 1.36. The molecule has 0 N–H and O–H groups in total. The minimum Gasteiger partial charge on any atom is -0.302 e. The van der Waals surface area contributed by atoms with E-state index in [2.05, 4.69) is 64.4 Å². The first-order chi connectivity index (χ1) is 12.4. The molecule has 1 aliphatic carbocycles. The summed E-state index contributed by atoms with van der Waals surface area (Å²) in [6.07, 6.45) is 6.42. The molecule has 2 nitrogen and oxygen atoms in total. The van der Waals surface area contributed by atoms with E-state index in [9.17, 15) is 0 Å². The van der Waals surface area contributed by atoms with Gasteiger partial charge in [0, 0.05) is 32.2 Å². The lowest BCUT2D eigenvalue weighted by Gasteiger charge is -2.35. The lowest BCUT2D eigenvalue weighted by atomic mass is 9.87. The molecule has 2 heteroatoms. The van der Waals surface area contributed by atoms with Crippen molar-refractivity contribution in [2.75, 3.05) is 32.7 Å². The largest absolute Gasteiger partial charge is 0.302 e. The molecule has 4 rings (SSSR count). The van der Waals surface area contributed by atoms with Crippen LogP contribution in [0.4, 0.5) is 0 Å². The fourth-order valence-corrected chi connectivity index (χ4v) is 4.57. The smallest absolute Gasteiger partial charge is 0.0351 e. The minimum absolute atomic E-state index is 0.652. The number of fused-ring (bicyclic) bond motifs is 1. The highest BCUT2D eigenvalue weighted by atomic mass is 15.2. The Morgan fingerprint density at radius 2 is 1.64 bits per heavy atom. The van der Waals surface area contributed by atoms with Gasteiger partial charge in [0.2, 0.25) is 0 Å². The SMILES string of the molecule is c1ccc(CCN2CCCN([C@H]3CCCc4ccccc43)CC2)cc1. The highest BCUT2D eigenvalue weighted by Gasteiger charge is 2.27. The Morgan fingerprint density at radius 1 is 0.800 bits per heavy atom. The van der Waals surface area contributed by atoms with E-state index in [1.165, 1.54) is 70.4 Å². The second-order valence-electron chi connectivity index (χ2n) is 7.57. The van der Waals surface area contributed by atoms with E-state index in [1.807, 2.05) is 0 Å². The molecule has 1 atom stereocenters. The Kier molecular flexibility index (Phi) is 5.49. The maximum Gasteiger partial charge on any atom is 0.0351 e. The number of rotatable bonds is 4. The number of aryl methyl sites for hydroxylation is 1. The van der Waals surface area contributed by atoms with E-state index in [0.717, 1.165) is 0 Å². The lowest BCUT2D eigenvalue weighted by Crippen LogP contribution is -2.35. The van der Waals surface area contributed by atoms with E-state index in [0.29, 0.717) is 6.04 Å². The zero-order valence-electron chi connectivity index (χ0n) is 15.2. The number of hydrogen-bond donors (Lipinski definition) is 0. The zero-order chi connectivity index (χ0) is 16.9. The summed E-state index contributed by atoms with van der Waals surface area (Å²) in [5.74, 6) is 0. The summed E-state index contributed by atoms with van der Waals surface area (Å²) < 4.78 is 0. The van der Waals surface area contributed by atoms with Crippen LogP contribution in [0, 0.1) is 0 Å². The van der Waals surface area contributed by atoms with E-state index in [1.54, 1.807) is 11.1 Å². The summed E-state index contributed by atoms with van der Waals surface area (Å²) in [5, 5.41) is 0. The van der Waals surface area contributed by atoms with Crippen molar-refractivity contribution in [1.82, 2.24) is 9.80 Å². The maximum absolute atomic E-state index is 2.76. The predicted molar refractivity (Wildman–Crippen MR) is 105 cm³/mol. The van der Waals surface area contributed by atoms with Gasteiger partial charge in [0.05, 0.1) is 0 Å². The zero-order valence-corrected chi connectivity index (χ0v) is 15.2. The molecule has 1 saturated heterocycles. The van der Waals surface area contributed by atoms with Crippen LogP contribution in [0.25, 0.3) is 0 Å². The molecule has 2 aromatic carbocycles. The van der Waals surface area contributed by atoms with Crippen LogP contribution in [0.3, 0.4) is 0 Å². The summed E-state index contributed by atoms with van der Waals surface area (Å²) in [6.45, 7) is 6.12. The van der Waals surface area contributed by atoms with E-state index < -0.39 is 0 Å². The van der Waals surface area contributed by atoms with E-state index in [4.69, 9.17) is 0 Å². The molecule has 0 amide bonds. The molecule has 1 aliphatic heterocycles. The highest BCUT2D eigenvalue weighted by Crippen LogP contribution is 2.34. The number of hydrogen-bond acceptors (Lipinski definition) is 2. The second-order valence-corrected chi connectivity index (χ2v) is 7.57. The van der Waals surface area contributed by atoms with Crippen molar-refractivity contribution in [1.29, 1.82) is 0 Å². The Bertz CT molecular complexity index is 667. The van der Waals surface area contributed by atoms with Gasteiger partial charge in [-0.3, -0.25) is 4.90 Å². The summed E-state index contributed by atoms with van der Waals surface area (Å²) in [6, 6.07) is 20.7. The Labute approximate surface area is 152 Å². The molecular weight excluding hydrogens is 304 g/mol. The number of nitrogens with zero attached hydrogens (tertiary/aromatic N) is 2. The molecule has 0 saturated carbocycles. The van der Waals surface area contributed by atoms with Crippen molar-refractivity contribution in [3.05, 3.63) is 71.3 Å². The third kappa shape index (κ3) is 4.13. The van der Waals surface area contributed by atoms with Gasteiger partial charge >= 0.3 is 0 Å². The molecule has 2 aliphatic rings. The lowest BCUT2D eigenvalue weighted by molar-refractivity contribution is 0.181. The van der Waals surface area contributed by atoms with Crippen LogP contribution in [-0.4, -0.2) is 42.5 Å². The average Bonchev–Trinajstić information content (AvgIpc) is 2.92. The van der Waals surface area contributed by atoms with Crippen molar-refractivity contribution in [2.24, 2.45) is 0 Å². The topological polar surface area (TPSA) is 6.48 Å². The summed E-state index contributed by atoms with van der Waals surface area (Å²) >= 11 is 0. The summed E-state index contributed by atoms with van der Waals surface area (Å²) in [7, 11) is 0. The second kappa shape index (κ2) is 8.16. The van der Waals surface area contributed by atoms with Crippen molar-refractivity contribution in [3.63, 3.8) is 0 Å². The van der Waals surface area contributed by atoms with Gasteiger partial charge in [-0.15, -0.1) is 0 Å². The van der Waals surface area contributed by atoms with Gasteiger partial charge in [-0.1, -0.05) is 54.6 Å². The third-order valence-corrected chi connectivity index (χ3v) is 5.96. The first-order valence-electron chi connectivity index (χ1n) is 9.98. The molecule has 0 unspecified atom stereocenters. The molecule has 132 valence electrons. The normalized spacial score (nSPS) is 22.3. The highest BCUT2D eigenvalue weighted by molar-refractivity contribution is 5.32. The summed E-state index contributed by atoms with van der Waals surface area (Å²) in [4.78, 5) is 5.43. The van der Waals surface area contributed by atoms with Crippen molar-refractivity contribution >= 4 is 0 Å². The minimum atomic E-state index is 0.652. The molecule has 0 spiro atoms. The number of benzene rings is 2. The first kappa shape index (κ1) is 16.8.